The van der Waals surface area contributed by atoms with Crippen LogP contribution in [0.5, 0.6) is 0 Å². The maximum atomic E-state index is 13.0. The lowest BCUT2D eigenvalue weighted by molar-refractivity contribution is -0.149. The molecule has 340 valence electrons. The van der Waals surface area contributed by atoms with E-state index in [0.29, 0.717) is 32.1 Å². The van der Waals surface area contributed by atoms with Crippen LogP contribution in [-0.2, 0) is 19.1 Å². The van der Waals surface area contributed by atoms with Crippen LogP contribution in [0.25, 0.3) is 0 Å². The first-order valence-electron chi connectivity index (χ1n) is 25.3. The predicted octanol–water partition coefficient (Wildman–Crippen LogP) is 13.5. The monoisotopic (exact) mass is 809 g/mol. The highest BCUT2D eigenvalue weighted by Crippen LogP contribution is 2.22. The van der Waals surface area contributed by atoms with Gasteiger partial charge in [-0.05, 0) is 83.3 Å². The summed E-state index contributed by atoms with van der Waals surface area (Å²) in [5.41, 5.74) is 0. The van der Waals surface area contributed by atoms with Crippen LogP contribution in [0.1, 0.15) is 241 Å². The molecule has 0 aromatic rings. The molecule has 0 heterocycles. The molecule has 0 aliphatic heterocycles. The highest BCUT2D eigenvalue weighted by molar-refractivity contribution is 5.72. The van der Waals surface area contributed by atoms with E-state index >= 15 is 0 Å². The molecule has 1 N–H and O–H groups in total. The molecule has 0 rings (SSSR count). The van der Waals surface area contributed by atoms with E-state index < -0.39 is 6.10 Å². The molecule has 0 fully saturated rings. The summed E-state index contributed by atoms with van der Waals surface area (Å²) >= 11 is 0. The number of aliphatic hydroxyl groups is 1. The van der Waals surface area contributed by atoms with Crippen molar-refractivity contribution in [1.82, 2.24) is 9.80 Å². The van der Waals surface area contributed by atoms with Crippen LogP contribution in [0.2, 0.25) is 0 Å². The van der Waals surface area contributed by atoms with Gasteiger partial charge in [-0.2, -0.15) is 0 Å². The van der Waals surface area contributed by atoms with Gasteiger partial charge in [0.25, 0.3) is 0 Å². The fourth-order valence-corrected chi connectivity index (χ4v) is 8.10. The Balaban J connectivity index is 4.67. The van der Waals surface area contributed by atoms with Crippen molar-refractivity contribution < 1.29 is 24.2 Å². The molecule has 7 heteroatoms. The van der Waals surface area contributed by atoms with Crippen LogP contribution in [0, 0.1) is 11.8 Å². The van der Waals surface area contributed by atoms with E-state index in [9.17, 15) is 14.7 Å². The van der Waals surface area contributed by atoms with E-state index in [1.165, 1.54) is 128 Å². The number of likely N-dealkylation sites (N-methyl/N-ethyl adjacent to an activating group) is 1. The number of unbranched alkanes of at least 4 members (excludes halogenated alkanes) is 19. The van der Waals surface area contributed by atoms with E-state index in [2.05, 4.69) is 51.3 Å². The molecule has 0 radical (unpaired) electrons. The zero-order valence-corrected chi connectivity index (χ0v) is 39.3. The summed E-state index contributed by atoms with van der Waals surface area (Å²) < 4.78 is 11.7. The third kappa shape index (κ3) is 36.4. The quantitative estimate of drug-likeness (QED) is 0.0485. The molecule has 0 amide bonds. The van der Waals surface area contributed by atoms with Gasteiger partial charge in [0, 0.05) is 26.1 Å². The predicted molar refractivity (Wildman–Crippen MR) is 245 cm³/mol. The molecular formula is C50H100N2O5. The fraction of sp³-hybridized carbons (Fsp3) is 0.960. The Labute approximate surface area is 355 Å². The molecule has 3 unspecified atom stereocenters. The number of rotatable bonds is 45. The van der Waals surface area contributed by atoms with Crippen molar-refractivity contribution in [3.63, 3.8) is 0 Å². The van der Waals surface area contributed by atoms with Crippen LogP contribution in [0.15, 0.2) is 0 Å². The van der Waals surface area contributed by atoms with Crippen molar-refractivity contribution in [3.8, 4) is 0 Å². The molecule has 0 saturated heterocycles. The second kappa shape index (κ2) is 42.9. The van der Waals surface area contributed by atoms with Gasteiger partial charge in [0.2, 0.25) is 0 Å². The van der Waals surface area contributed by atoms with E-state index in [1.54, 1.807) is 0 Å². The zero-order chi connectivity index (χ0) is 42.0. The smallest absolute Gasteiger partial charge is 0.308 e. The second-order valence-corrected chi connectivity index (χ2v) is 17.5. The summed E-state index contributed by atoms with van der Waals surface area (Å²) in [7, 11) is 0. The molecule has 3 atom stereocenters. The Morgan fingerprint density at radius 3 is 1.47 bits per heavy atom. The standard InChI is InChI=1S/C50H100N2O5/c1-7-13-17-21-23-27-35-46(34-26-19-15-9-3)45-57-49(54)39-30-25-32-40-52(42-41-51(11-5)12-6)44-48(53)38-31-33-43-56-50(55)47(36-28-20-16-10-4)37-29-24-22-18-14-8-2/h46-48,53H,7-45H2,1-6H3. The summed E-state index contributed by atoms with van der Waals surface area (Å²) in [5.74, 6) is 0.522. The van der Waals surface area contributed by atoms with Gasteiger partial charge in [0.1, 0.15) is 0 Å². The Morgan fingerprint density at radius 2 is 0.930 bits per heavy atom. The first kappa shape index (κ1) is 55.8. The fourth-order valence-electron chi connectivity index (χ4n) is 8.10. The van der Waals surface area contributed by atoms with Gasteiger partial charge < -0.3 is 19.5 Å². The Hall–Kier alpha value is -1.18. The van der Waals surface area contributed by atoms with Crippen LogP contribution in [0.4, 0.5) is 0 Å². The largest absolute Gasteiger partial charge is 0.465 e. The summed E-state index contributed by atoms with van der Waals surface area (Å²) in [6.45, 7) is 20.1. The average molecular weight is 809 g/mol. The van der Waals surface area contributed by atoms with Crippen molar-refractivity contribution in [2.45, 2.75) is 247 Å². The summed E-state index contributed by atoms with van der Waals surface area (Å²) in [6.07, 6.45) is 34.9. The van der Waals surface area contributed by atoms with E-state index in [1.807, 2.05) is 0 Å². The van der Waals surface area contributed by atoms with Crippen molar-refractivity contribution in [2.75, 3.05) is 52.5 Å². The number of carbonyl (C=O) groups excluding carboxylic acids is 2. The van der Waals surface area contributed by atoms with Gasteiger partial charge in [0.05, 0.1) is 25.2 Å². The van der Waals surface area contributed by atoms with Crippen molar-refractivity contribution in [1.29, 1.82) is 0 Å². The number of esters is 2. The first-order valence-corrected chi connectivity index (χ1v) is 25.3. The Kier molecular flexibility index (Phi) is 42.0. The highest BCUT2D eigenvalue weighted by Gasteiger charge is 2.20. The third-order valence-corrected chi connectivity index (χ3v) is 12.2. The second-order valence-electron chi connectivity index (χ2n) is 17.5. The number of carbonyl (C=O) groups is 2. The minimum Gasteiger partial charge on any atom is -0.465 e. The molecule has 0 aromatic heterocycles. The van der Waals surface area contributed by atoms with Gasteiger partial charge in [-0.25, -0.2) is 0 Å². The zero-order valence-electron chi connectivity index (χ0n) is 39.3. The van der Waals surface area contributed by atoms with Gasteiger partial charge in [0.15, 0.2) is 0 Å². The topological polar surface area (TPSA) is 79.3 Å². The highest BCUT2D eigenvalue weighted by atomic mass is 16.5. The Morgan fingerprint density at radius 1 is 0.474 bits per heavy atom. The normalized spacial score (nSPS) is 13.4. The van der Waals surface area contributed by atoms with Gasteiger partial charge >= 0.3 is 11.9 Å². The van der Waals surface area contributed by atoms with Crippen LogP contribution in [-0.4, -0.2) is 85.4 Å². The van der Waals surface area contributed by atoms with Crippen molar-refractivity contribution in [3.05, 3.63) is 0 Å². The summed E-state index contributed by atoms with van der Waals surface area (Å²) in [4.78, 5) is 30.6. The maximum absolute atomic E-state index is 13.0. The molecular weight excluding hydrogens is 709 g/mol. The molecule has 0 aliphatic rings. The molecule has 57 heavy (non-hydrogen) atoms. The molecule has 7 nitrogen and oxygen atoms in total. The Bertz CT molecular complexity index is 853. The van der Waals surface area contributed by atoms with E-state index in [0.717, 1.165) is 96.9 Å². The minimum absolute atomic E-state index is 0.00180. The first-order chi connectivity index (χ1) is 27.8. The van der Waals surface area contributed by atoms with Gasteiger partial charge in [-0.1, -0.05) is 176 Å². The van der Waals surface area contributed by atoms with Crippen LogP contribution in [0.3, 0.4) is 0 Å². The van der Waals surface area contributed by atoms with Gasteiger partial charge in [-0.15, -0.1) is 0 Å². The molecule has 0 saturated carbocycles. The lowest BCUT2D eigenvalue weighted by atomic mass is 9.94. The van der Waals surface area contributed by atoms with Crippen LogP contribution < -0.4 is 0 Å². The van der Waals surface area contributed by atoms with E-state index in [-0.39, 0.29) is 17.9 Å². The number of ether oxygens (including phenoxy) is 2. The van der Waals surface area contributed by atoms with Crippen molar-refractivity contribution >= 4 is 11.9 Å². The molecule has 0 spiro atoms. The number of hydrogen-bond donors (Lipinski definition) is 1. The molecule has 0 aromatic carbocycles. The van der Waals surface area contributed by atoms with Crippen LogP contribution >= 0.6 is 0 Å². The van der Waals surface area contributed by atoms with E-state index in [4.69, 9.17) is 9.47 Å². The summed E-state index contributed by atoms with van der Waals surface area (Å²) in [5, 5.41) is 11.0. The lowest BCUT2D eigenvalue weighted by Gasteiger charge is -2.28. The number of nitrogens with zero attached hydrogens (tertiary/aromatic N) is 2. The lowest BCUT2D eigenvalue weighted by Crippen LogP contribution is -2.39. The molecule has 0 bridgehead atoms. The number of hydrogen-bond acceptors (Lipinski definition) is 7. The minimum atomic E-state index is -0.391. The SMILES string of the molecule is CCCCCCCCC(CCCCCC)COC(=O)CCCCCN(CCN(CC)CC)CC(O)CCCCOC(=O)C(CCCCCC)CCCCCCCC. The summed E-state index contributed by atoms with van der Waals surface area (Å²) in [6, 6.07) is 0. The molecule has 0 aliphatic carbocycles. The maximum Gasteiger partial charge on any atom is 0.308 e. The average Bonchev–Trinajstić information content (AvgIpc) is 3.21. The number of aliphatic hydroxyl groups excluding tert-OH is 1. The third-order valence-electron chi connectivity index (χ3n) is 12.2. The van der Waals surface area contributed by atoms with Gasteiger partial charge in [-0.3, -0.25) is 14.5 Å². The van der Waals surface area contributed by atoms with Crippen molar-refractivity contribution in [2.24, 2.45) is 11.8 Å².